The van der Waals surface area contributed by atoms with Crippen molar-refractivity contribution >= 4 is 35.0 Å². The second-order valence-corrected chi connectivity index (χ2v) is 6.91. The summed E-state index contributed by atoms with van der Waals surface area (Å²) in [5.74, 6) is -0.749. The first-order chi connectivity index (χ1) is 12.5. The van der Waals surface area contributed by atoms with Crippen LogP contribution in [0.3, 0.4) is 0 Å². The molecule has 7 heteroatoms. The van der Waals surface area contributed by atoms with Crippen molar-refractivity contribution in [2.24, 2.45) is 0 Å². The molecule has 1 aliphatic heterocycles. The second kappa shape index (κ2) is 8.06. The molecule has 0 N–H and O–H groups in total. The fourth-order valence-electron chi connectivity index (χ4n) is 2.93. The van der Waals surface area contributed by atoms with Gasteiger partial charge in [-0.3, -0.25) is 9.59 Å². The van der Waals surface area contributed by atoms with Gasteiger partial charge in [0, 0.05) is 36.8 Å². The summed E-state index contributed by atoms with van der Waals surface area (Å²) in [6, 6.07) is 10.3. The van der Waals surface area contributed by atoms with Crippen LogP contribution in [0.15, 0.2) is 42.5 Å². The van der Waals surface area contributed by atoms with Crippen LogP contribution in [-0.2, 0) is 0 Å². The molecule has 1 saturated heterocycles. The molecule has 0 radical (unpaired) electrons. The Kier molecular flexibility index (Phi) is 5.79. The predicted molar refractivity (Wildman–Crippen MR) is 99.3 cm³/mol. The average Bonchev–Trinajstić information content (AvgIpc) is 2.89. The SMILES string of the molecule is O=C(c1ccc(F)cc1)N1CCCN(C(=O)c2cc(Cl)ccc2Cl)CC1. The highest BCUT2D eigenvalue weighted by Gasteiger charge is 2.24. The van der Waals surface area contributed by atoms with Gasteiger partial charge in [-0.25, -0.2) is 4.39 Å². The lowest BCUT2D eigenvalue weighted by Gasteiger charge is -2.22. The third kappa shape index (κ3) is 4.17. The first-order valence-corrected chi connectivity index (χ1v) is 9.00. The Morgan fingerprint density at radius 3 is 2.12 bits per heavy atom. The minimum Gasteiger partial charge on any atom is -0.337 e. The molecule has 0 unspecified atom stereocenters. The van der Waals surface area contributed by atoms with Gasteiger partial charge in [0.1, 0.15) is 5.82 Å². The summed E-state index contributed by atoms with van der Waals surface area (Å²) in [6.07, 6.45) is 0.650. The molecule has 1 aliphatic rings. The molecule has 0 aliphatic carbocycles. The van der Waals surface area contributed by atoms with E-state index >= 15 is 0 Å². The number of rotatable bonds is 2. The highest BCUT2D eigenvalue weighted by atomic mass is 35.5. The fraction of sp³-hybridized carbons (Fsp3) is 0.263. The first kappa shape index (κ1) is 18.7. The van der Waals surface area contributed by atoms with Crippen LogP contribution in [0.4, 0.5) is 4.39 Å². The zero-order valence-electron chi connectivity index (χ0n) is 13.9. The molecule has 0 spiro atoms. The van der Waals surface area contributed by atoms with E-state index in [1.54, 1.807) is 28.0 Å². The number of halogens is 3. The largest absolute Gasteiger partial charge is 0.337 e. The topological polar surface area (TPSA) is 40.6 Å². The van der Waals surface area contributed by atoms with Crippen molar-refractivity contribution in [1.29, 1.82) is 0 Å². The van der Waals surface area contributed by atoms with Crippen molar-refractivity contribution in [1.82, 2.24) is 9.80 Å². The minimum atomic E-state index is -0.382. The number of hydrogen-bond acceptors (Lipinski definition) is 2. The molecule has 0 aromatic heterocycles. The minimum absolute atomic E-state index is 0.167. The van der Waals surface area contributed by atoms with Crippen LogP contribution < -0.4 is 0 Å². The molecule has 1 fully saturated rings. The van der Waals surface area contributed by atoms with E-state index in [9.17, 15) is 14.0 Å². The van der Waals surface area contributed by atoms with Gasteiger partial charge in [-0.15, -0.1) is 0 Å². The highest BCUT2D eigenvalue weighted by molar-refractivity contribution is 6.35. The summed E-state index contributed by atoms with van der Waals surface area (Å²) in [4.78, 5) is 28.7. The fourth-order valence-corrected chi connectivity index (χ4v) is 3.30. The van der Waals surface area contributed by atoms with Crippen LogP contribution in [0, 0.1) is 5.82 Å². The first-order valence-electron chi connectivity index (χ1n) is 8.25. The van der Waals surface area contributed by atoms with E-state index in [-0.39, 0.29) is 17.6 Å². The monoisotopic (exact) mass is 394 g/mol. The van der Waals surface area contributed by atoms with Crippen LogP contribution >= 0.6 is 23.2 Å². The summed E-state index contributed by atoms with van der Waals surface area (Å²) >= 11 is 12.1. The van der Waals surface area contributed by atoms with Crippen molar-refractivity contribution < 1.29 is 14.0 Å². The van der Waals surface area contributed by atoms with Crippen molar-refractivity contribution in [3.63, 3.8) is 0 Å². The van der Waals surface area contributed by atoms with Gasteiger partial charge in [0.05, 0.1) is 10.6 Å². The maximum atomic E-state index is 13.0. The molecule has 1 heterocycles. The smallest absolute Gasteiger partial charge is 0.255 e. The van der Waals surface area contributed by atoms with E-state index in [0.29, 0.717) is 53.8 Å². The van der Waals surface area contributed by atoms with Crippen LogP contribution in [0.25, 0.3) is 0 Å². The lowest BCUT2D eigenvalue weighted by Crippen LogP contribution is -2.37. The Morgan fingerprint density at radius 1 is 0.846 bits per heavy atom. The molecular weight excluding hydrogens is 378 g/mol. The Bertz CT molecular complexity index is 827. The summed E-state index contributed by atoms with van der Waals surface area (Å²) < 4.78 is 13.0. The molecule has 3 rings (SSSR count). The van der Waals surface area contributed by atoms with Crippen LogP contribution in [0.1, 0.15) is 27.1 Å². The molecule has 136 valence electrons. The molecule has 4 nitrogen and oxygen atoms in total. The van der Waals surface area contributed by atoms with E-state index < -0.39 is 0 Å². The lowest BCUT2D eigenvalue weighted by molar-refractivity contribution is 0.0719. The van der Waals surface area contributed by atoms with E-state index in [1.165, 1.54) is 24.3 Å². The molecule has 0 atom stereocenters. The van der Waals surface area contributed by atoms with Crippen molar-refractivity contribution in [3.05, 3.63) is 69.5 Å². The third-order valence-electron chi connectivity index (χ3n) is 4.32. The predicted octanol–water partition coefficient (Wildman–Crippen LogP) is 4.12. The second-order valence-electron chi connectivity index (χ2n) is 6.07. The quantitative estimate of drug-likeness (QED) is 0.768. The number of nitrogens with zero attached hydrogens (tertiary/aromatic N) is 2. The van der Waals surface area contributed by atoms with Crippen molar-refractivity contribution in [2.45, 2.75) is 6.42 Å². The number of amides is 2. The van der Waals surface area contributed by atoms with Gasteiger partial charge < -0.3 is 9.80 Å². The summed E-state index contributed by atoms with van der Waals surface area (Å²) in [5, 5.41) is 0.795. The molecule has 0 bridgehead atoms. The maximum absolute atomic E-state index is 13.0. The third-order valence-corrected chi connectivity index (χ3v) is 4.88. The number of benzene rings is 2. The zero-order chi connectivity index (χ0) is 18.7. The van der Waals surface area contributed by atoms with Crippen LogP contribution in [-0.4, -0.2) is 47.8 Å². The van der Waals surface area contributed by atoms with Gasteiger partial charge in [-0.1, -0.05) is 23.2 Å². The van der Waals surface area contributed by atoms with E-state index in [2.05, 4.69) is 0 Å². The highest BCUT2D eigenvalue weighted by Crippen LogP contribution is 2.23. The summed E-state index contributed by atoms with van der Waals surface area (Å²) in [7, 11) is 0. The summed E-state index contributed by atoms with van der Waals surface area (Å²) in [6.45, 7) is 1.85. The standard InChI is InChI=1S/C19H17Cl2FN2O2/c20-14-4-7-17(21)16(12-14)19(26)24-9-1-8-23(10-11-24)18(25)13-2-5-15(22)6-3-13/h2-7,12H,1,8-11H2. The number of carbonyl (C=O) groups excluding carboxylic acids is 2. The van der Waals surface area contributed by atoms with E-state index in [1.807, 2.05) is 0 Å². The van der Waals surface area contributed by atoms with Crippen molar-refractivity contribution in [3.8, 4) is 0 Å². The average molecular weight is 395 g/mol. The Morgan fingerprint density at radius 2 is 1.46 bits per heavy atom. The molecular formula is C19H17Cl2FN2O2. The van der Waals surface area contributed by atoms with Crippen LogP contribution in [0.5, 0.6) is 0 Å². The van der Waals surface area contributed by atoms with Gasteiger partial charge >= 0.3 is 0 Å². The lowest BCUT2D eigenvalue weighted by atomic mass is 10.2. The van der Waals surface area contributed by atoms with Crippen LogP contribution in [0.2, 0.25) is 10.0 Å². The molecule has 2 aromatic carbocycles. The molecule has 0 saturated carbocycles. The Labute approximate surface area is 161 Å². The summed E-state index contributed by atoms with van der Waals surface area (Å²) in [5.41, 5.74) is 0.793. The normalized spacial score (nSPS) is 14.9. The Hall–Kier alpha value is -2.11. The maximum Gasteiger partial charge on any atom is 0.255 e. The van der Waals surface area contributed by atoms with E-state index in [4.69, 9.17) is 23.2 Å². The number of hydrogen-bond donors (Lipinski definition) is 0. The van der Waals surface area contributed by atoms with Crippen molar-refractivity contribution in [2.75, 3.05) is 26.2 Å². The number of carbonyl (C=O) groups is 2. The van der Waals surface area contributed by atoms with Gasteiger partial charge in [0.25, 0.3) is 11.8 Å². The molecule has 2 amide bonds. The zero-order valence-corrected chi connectivity index (χ0v) is 15.4. The van der Waals surface area contributed by atoms with Gasteiger partial charge in [0.2, 0.25) is 0 Å². The van der Waals surface area contributed by atoms with E-state index in [0.717, 1.165) is 0 Å². The Balaban J connectivity index is 1.70. The van der Waals surface area contributed by atoms with Gasteiger partial charge in [0.15, 0.2) is 0 Å². The molecule has 2 aromatic rings. The van der Waals surface area contributed by atoms with Gasteiger partial charge in [-0.05, 0) is 48.9 Å². The van der Waals surface area contributed by atoms with Gasteiger partial charge in [-0.2, -0.15) is 0 Å². The molecule has 26 heavy (non-hydrogen) atoms.